The second-order valence-electron chi connectivity index (χ2n) is 8.11. The molecule has 0 atom stereocenters. The van der Waals surface area contributed by atoms with Crippen molar-refractivity contribution in [3.8, 4) is 0 Å². The van der Waals surface area contributed by atoms with E-state index in [1.54, 1.807) is 10.6 Å². The van der Waals surface area contributed by atoms with E-state index in [2.05, 4.69) is 15.1 Å². The van der Waals surface area contributed by atoms with E-state index in [0.717, 1.165) is 0 Å². The Morgan fingerprint density at radius 3 is 2.42 bits per heavy atom. The van der Waals surface area contributed by atoms with Crippen molar-refractivity contribution in [2.75, 3.05) is 5.32 Å². The SMILES string of the molecule is [C-]#[N+]c1ccc2nc(NC(=O)CC(C)(C)C)n(C(C)(C)C)c2c1F. The van der Waals surface area contributed by atoms with Crippen molar-refractivity contribution in [2.24, 2.45) is 5.41 Å². The van der Waals surface area contributed by atoms with E-state index in [9.17, 15) is 9.18 Å². The number of imidazole rings is 1. The van der Waals surface area contributed by atoms with Gasteiger partial charge in [0.05, 0.1) is 17.6 Å². The van der Waals surface area contributed by atoms with E-state index in [-0.39, 0.29) is 22.5 Å². The maximum atomic E-state index is 14.7. The summed E-state index contributed by atoms with van der Waals surface area (Å²) in [7, 11) is 0. The van der Waals surface area contributed by atoms with E-state index in [0.29, 0.717) is 17.9 Å². The topological polar surface area (TPSA) is 51.3 Å². The minimum absolute atomic E-state index is 0.0551. The third kappa shape index (κ3) is 3.56. The number of nitrogens with one attached hydrogen (secondary N) is 1. The summed E-state index contributed by atoms with van der Waals surface area (Å²) in [6, 6.07) is 3.01. The average molecular weight is 330 g/mol. The molecule has 6 heteroatoms. The number of halogens is 1. The molecule has 1 heterocycles. The predicted molar refractivity (Wildman–Crippen MR) is 93.7 cm³/mol. The molecule has 2 aromatic rings. The van der Waals surface area contributed by atoms with Crippen LogP contribution in [0.2, 0.25) is 0 Å². The minimum atomic E-state index is -0.610. The van der Waals surface area contributed by atoms with Crippen LogP contribution in [0.15, 0.2) is 12.1 Å². The van der Waals surface area contributed by atoms with Gasteiger partial charge >= 0.3 is 0 Å². The van der Waals surface area contributed by atoms with Crippen LogP contribution in [0.5, 0.6) is 0 Å². The number of carbonyl (C=O) groups is 1. The van der Waals surface area contributed by atoms with Crippen LogP contribution < -0.4 is 5.32 Å². The zero-order chi connectivity index (χ0) is 18.3. The van der Waals surface area contributed by atoms with Crippen molar-refractivity contribution < 1.29 is 9.18 Å². The lowest BCUT2D eigenvalue weighted by atomic mass is 9.92. The lowest BCUT2D eigenvalue weighted by Crippen LogP contribution is -2.27. The Labute approximate surface area is 141 Å². The maximum Gasteiger partial charge on any atom is 0.227 e. The van der Waals surface area contributed by atoms with Gasteiger partial charge < -0.3 is 4.57 Å². The summed E-state index contributed by atoms with van der Waals surface area (Å²) in [4.78, 5) is 19.9. The summed E-state index contributed by atoms with van der Waals surface area (Å²) in [6.07, 6.45) is 0.329. The minimum Gasteiger partial charge on any atom is -0.303 e. The summed E-state index contributed by atoms with van der Waals surface area (Å²) >= 11 is 0. The highest BCUT2D eigenvalue weighted by molar-refractivity contribution is 5.92. The second-order valence-corrected chi connectivity index (χ2v) is 8.11. The Hall–Kier alpha value is -2.42. The van der Waals surface area contributed by atoms with E-state index >= 15 is 0 Å². The number of rotatable bonds is 2. The predicted octanol–water partition coefficient (Wildman–Crippen LogP) is 4.86. The average Bonchev–Trinajstić information content (AvgIpc) is 2.75. The molecule has 1 aromatic heterocycles. The summed E-state index contributed by atoms with van der Waals surface area (Å²) in [5.41, 5.74) is -0.0745. The van der Waals surface area contributed by atoms with Crippen molar-refractivity contribution in [1.82, 2.24) is 9.55 Å². The standard InChI is InChI=1S/C18H23FN4O/c1-17(2,3)10-13(24)22-16-21-12-9-8-11(20-7)14(19)15(12)23(16)18(4,5)6/h8-9H,10H2,1-6H3,(H,21,22,24). The largest absolute Gasteiger partial charge is 0.303 e. The summed E-state index contributed by atoms with van der Waals surface area (Å²) < 4.78 is 16.3. The molecule has 0 aliphatic heterocycles. The number of aromatic nitrogens is 2. The number of nitrogens with zero attached hydrogens (tertiary/aromatic N) is 3. The molecule has 5 nitrogen and oxygen atoms in total. The Kier molecular flexibility index (Phi) is 4.40. The fraction of sp³-hybridized carbons (Fsp3) is 0.500. The molecule has 0 bridgehead atoms. The fourth-order valence-corrected chi connectivity index (χ4v) is 2.59. The van der Waals surface area contributed by atoms with Crippen LogP contribution in [0.4, 0.5) is 16.0 Å². The van der Waals surface area contributed by atoms with Gasteiger partial charge in [0, 0.05) is 12.0 Å². The first kappa shape index (κ1) is 17.9. The van der Waals surface area contributed by atoms with Gasteiger partial charge in [-0.05, 0) is 32.3 Å². The van der Waals surface area contributed by atoms with Gasteiger partial charge in [0.2, 0.25) is 17.5 Å². The Morgan fingerprint density at radius 2 is 1.92 bits per heavy atom. The molecule has 0 saturated heterocycles. The number of anilines is 1. The van der Waals surface area contributed by atoms with Gasteiger partial charge in [-0.25, -0.2) is 14.2 Å². The van der Waals surface area contributed by atoms with Gasteiger partial charge in [0.15, 0.2) is 5.82 Å². The zero-order valence-corrected chi connectivity index (χ0v) is 15.0. The van der Waals surface area contributed by atoms with Crippen LogP contribution in [-0.2, 0) is 10.3 Å². The van der Waals surface area contributed by atoms with Gasteiger partial charge in [-0.3, -0.25) is 10.1 Å². The first-order chi connectivity index (χ1) is 10.9. The van der Waals surface area contributed by atoms with Crippen LogP contribution >= 0.6 is 0 Å². The molecule has 0 unspecified atom stereocenters. The summed E-state index contributed by atoms with van der Waals surface area (Å²) in [5, 5.41) is 2.80. The van der Waals surface area contributed by atoms with Crippen molar-refractivity contribution >= 4 is 28.6 Å². The quantitative estimate of drug-likeness (QED) is 0.800. The number of hydrogen-bond donors (Lipinski definition) is 1. The van der Waals surface area contributed by atoms with Crippen molar-refractivity contribution in [3.63, 3.8) is 0 Å². The van der Waals surface area contributed by atoms with Crippen LogP contribution in [0.1, 0.15) is 48.0 Å². The maximum absolute atomic E-state index is 14.7. The molecule has 128 valence electrons. The highest BCUT2D eigenvalue weighted by atomic mass is 19.1. The smallest absolute Gasteiger partial charge is 0.227 e. The molecule has 2 rings (SSSR count). The van der Waals surface area contributed by atoms with E-state index in [1.807, 2.05) is 41.5 Å². The molecule has 0 saturated carbocycles. The second kappa shape index (κ2) is 5.90. The molecule has 0 spiro atoms. The molecule has 24 heavy (non-hydrogen) atoms. The van der Waals surface area contributed by atoms with Crippen molar-refractivity contribution in [1.29, 1.82) is 0 Å². The van der Waals surface area contributed by atoms with Gasteiger partial charge in [0.25, 0.3) is 0 Å². The first-order valence-electron chi connectivity index (χ1n) is 7.83. The van der Waals surface area contributed by atoms with Crippen LogP contribution in [0.3, 0.4) is 0 Å². The molecule has 0 radical (unpaired) electrons. The molecule has 0 aliphatic carbocycles. The number of hydrogen-bond acceptors (Lipinski definition) is 2. The van der Waals surface area contributed by atoms with Gasteiger partial charge in [-0.1, -0.05) is 26.8 Å². The lowest BCUT2D eigenvalue weighted by Gasteiger charge is -2.25. The van der Waals surface area contributed by atoms with E-state index < -0.39 is 11.4 Å². The van der Waals surface area contributed by atoms with Gasteiger partial charge in [-0.15, -0.1) is 0 Å². The van der Waals surface area contributed by atoms with E-state index in [1.165, 1.54) is 6.07 Å². The number of benzene rings is 1. The normalized spacial score (nSPS) is 12.2. The van der Waals surface area contributed by atoms with E-state index in [4.69, 9.17) is 6.57 Å². The fourth-order valence-electron chi connectivity index (χ4n) is 2.59. The first-order valence-corrected chi connectivity index (χ1v) is 7.83. The van der Waals surface area contributed by atoms with Crippen molar-refractivity contribution in [2.45, 2.75) is 53.5 Å². The summed E-state index contributed by atoms with van der Waals surface area (Å²) in [6.45, 7) is 18.7. The molecule has 1 N–H and O–H groups in total. The Bertz CT molecular complexity index is 832. The van der Waals surface area contributed by atoms with Crippen LogP contribution in [0, 0.1) is 17.8 Å². The molecular weight excluding hydrogens is 307 g/mol. The number of amides is 1. The van der Waals surface area contributed by atoms with Crippen molar-refractivity contribution in [3.05, 3.63) is 29.4 Å². The molecule has 0 fully saturated rings. The molecular formula is C18H23FN4O. The number of fused-ring (bicyclic) bond motifs is 1. The summed E-state index contributed by atoms with van der Waals surface area (Å²) in [5.74, 6) is -0.483. The molecule has 1 amide bonds. The Morgan fingerprint density at radius 1 is 1.29 bits per heavy atom. The monoisotopic (exact) mass is 330 g/mol. The highest BCUT2D eigenvalue weighted by Crippen LogP contribution is 2.34. The zero-order valence-electron chi connectivity index (χ0n) is 15.0. The van der Waals surface area contributed by atoms with Crippen LogP contribution in [0.25, 0.3) is 15.9 Å². The number of carbonyl (C=O) groups excluding carboxylic acids is 1. The van der Waals surface area contributed by atoms with Crippen LogP contribution in [-0.4, -0.2) is 15.5 Å². The van der Waals surface area contributed by atoms with Gasteiger partial charge in [0.1, 0.15) is 0 Å². The molecule has 1 aromatic carbocycles. The van der Waals surface area contributed by atoms with Gasteiger partial charge in [-0.2, -0.15) is 0 Å². The lowest BCUT2D eigenvalue weighted by molar-refractivity contribution is -0.117. The Balaban J connectivity index is 2.61. The highest BCUT2D eigenvalue weighted by Gasteiger charge is 2.26. The third-order valence-corrected chi connectivity index (χ3v) is 3.47. The third-order valence-electron chi connectivity index (χ3n) is 3.47. The molecule has 0 aliphatic rings.